The molecule has 0 aromatic carbocycles. The summed E-state index contributed by atoms with van der Waals surface area (Å²) < 4.78 is 0.284. The van der Waals surface area contributed by atoms with Gasteiger partial charge in [0.15, 0.2) is 0 Å². The predicted octanol–water partition coefficient (Wildman–Crippen LogP) is 3.87. The number of allylic oxidation sites excluding steroid dienone is 4. The smallest absolute Gasteiger partial charge is 0.0616 e. The maximum atomic E-state index is 2.53. The van der Waals surface area contributed by atoms with Gasteiger partial charge in [-0.2, -0.15) is 0 Å². The fraction of sp³-hybridized carbons (Fsp3) is 0.600. The lowest BCUT2D eigenvalue weighted by Crippen LogP contribution is -2.15. The maximum absolute atomic E-state index is 2.53. The van der Waals surface area contributed by atoms with Crippen molar-refractivity contribution in [2.75, 3.05) is 0 Å². The molecule has 62 valence electrons. The van der Waals surface area contributed by atoms with E-state index in [2.05, 4.69) is 57.2 Å². The van der Waals surface area contributed by atoms with Crippen LogP contribution in [0.25, 0.3) is 0 Å². The van der Waals surface area contributed by atoms with Gasteiger partial charge in [0.05, 0.1) is 3.42 Å². The van der Waals surface area contributed by atoms with E-state index in [4.69, 9.17) is 0 Å². The van der Waals surface area contributed by atoms with E-state index in [1.807, 2.05) is 0 Å². The van der Waals surface area contributed by atoms with Crippen LogP contribution >= 0.6 is 22.6 Å². The van der Waals surface area contributed by atoms with Gasteiger partial charge in [-0.15, -0.1) is 0 Å². The summed E-state index contributed by atoms with van der Waals surface area (Å²) in [5, 5.41) is 0. The zero-order valence-corrected chi connectivity index (χ0v) is 10.0. The second-order valence-corrected chi connectivity index (χ2v) is 5.66. The lowest BCUT2D eigenvalue weighted by Gasteiger charge is -2.20. The first-order valence-corrected chi connectivity index (χ1v) is 5.02. The minimum Gasteiger partial charge on any atom is -0.0694 e. The van der Waals surface area contributed by atoms with Crippen molar-refractivity contribution in [3.05, 3.63) is 22.3 Å². The van der Waals surface area contributed by atoms with Crippen molar-refractivity contribution in [1.29, 1.82) is 0 Å². The Hall–Kier alpha value is 0.210. The number of halogens is 1. The van der Waals surface area contributed by atoms with Gasteiger partial charge in [-0.3, -0.25) is 0 Å². The molecule has 1 aliphatic rings. The van der Waals surface area contributed by atoms with Crippen LogP contribution in [0.1, 0.15) is 34.6 Å². The summed E-state index contributed by atoms with van der Waals surface area (Å²) in [5.74, 6) is 0. The lowest BCUT2D eigenvalue weighted by molar-refractivity contribution is 0.915. The Balaban J connectivity index is 3.27. The number of hydrogen-bond acceptors (Lipinski definition) is 0. The minimum absolute atomic E-state index is 0.284. The topological polar surface area (TPSA) is 0 Å². The van der Waals surface area contributed by atoms with E-state index in [0.717, 1.165) is 0 Å². The molecule has 0 atom stereocenters. The zero-order chi connectivity index (χ0) is 8.81. The molecule has 0 radical (unpaired) electrons. The third-order valence-electron chi connectivity index (χ3n) is 3.10. The van der Waals surface area contributed by atoms with E-state index in [1.54, 1.807) is 0 Å². The average molecular weight is 262 g/mol. The third kappa shape index (κ3) is 1.17. The molecule has 0 fully saturated rings. The second-order valence-electron chi connectivity index (χ2n) is 3.50. The van der Waals surface area contributed by atoms with Gasteiger partial charge in [0.25, 0.3) is 0 Å². The Kier molecular flexibility index (Phi) is 2.21. The van der Waals surface area contributed by atoms with E-state index in [1.165, 1.54) is 22.3 Å². The molecule has 0 bridgehead atoms. The molecule has 0 saturated heterocycles. The Morgan fingerprint density at radius 3 is 1.27 bits per heavy atom. The van der Waals surface area contributed by atoms with Crippen molar-refractivity contribution in [3.63, 3.8) is 0 Å². The van der Waals surface area contributed by atoms with Gasteiger partial charge in [-0.05, 0) is 45.8 Å². The molecular weight excluding hydrogens is 247 g/mol. The van der Waals surface area contributed by atoms with Gasteiger partial charge in [-0.25, -0.2) is 0 Å². The standard InChI is InChI=1S/C10H15I/c1-6-7(2)9(4)10(5,11)8(6)3/h1-5H3. The molecule has 0 heterocycles. The van der Waals surface area contributed by atoms with Gasteiger partial charge < -0.3 is 0 Å². The van der Waals surface area contributed by atoms with Crippen molar-refractivity contribution < 1.29 is 0 Å². The summed E-state index contributed by atoms with van der Waals surface area (Å²) in [5.41, 5.74) is 6.01. The SMILES string of the molecule is CC1=C(C)C(C)(I)C(C)=C1C. The first kappa shape index (κ1) is 9.30. The van der Waals surface area contributed by atoms with Crippen molar-refractivity contribution in [2.24, 2.45) is 0 Å². The van der Waals surface area contributed by atoms with Crippen molar-refractivity contribution in [3.8, 4) is 0 Å². The molecule has 1 aliphatic carbocycles. The van der Waals surface area contributed by atoms with Crippen LogP contribution in [0.4, 0.5) is 0 Å². The largest absolute Gasteiger partial charge is 0.0694 e. The first-order valence-electron chi connectivity index (χ1n) is 3.94. The third-order valence-corrected chi connectivity index (χ3v) is 4.71. The van der Waals surface area contributed by atoms with Crippen LogP contribution in [0.2, 0.25) is 0 Å². The van der Waals surface area contributed by atoms with Gasteiger partial charge in [-0.1, -0.05) is 33.7 Å². The average Bonchev–Trinajstić information content (AvgIpc) is 2.06. The molecule has 0 aromatic rings. The van der Waals surface area contributed by atoms with E-state index in [0.29, 0.717) is 0 Å². The summed E-state index contributed by atoms with van der Waals surface area (Å²) in [6.07, 6.45) is 0. The predicted molar refractivity (Wildman–Crippen MR) is 59.2 cm³/mol. The van der Waals surface area contributed by atoms with E-state index in [-0.39, 0.29) is 3.42 Å². The summed E-state index contributed by atoms with van der Waals surface area (Å²) in [6.45, 7) is 11.2. The highest BCUT2D eigenvalue weighted by Gasteiger charge is 2.32. The van der Waals surface area contributed by atoms with E-state index in [9.17, 15) is 0 Å². The lowest BCUT2D eigenvalue weighted by atomic mass is 10.00. The molecule has 0 N–H and O–H groups in total. The maximum Gasteiger partial charge on any atom is 0.0616 e. The molecule has 0 unspecified atom stereocenters. The Labute approximate surface area is 82.9 Å². The monoisotopic (exact) mass is 262 g/mol. The van der Waals surface area contributed by atoms with Gasteiger partial charge in [0, 0.05) is 0 Å². The van der Waals surface area contributed by atoms with E-state index < -0.39 is 0 Å². The molecule has 0 aliphatic heterocycles. The molecular formula is C10H15I. The fourth-order valence-corrected chi connectivity index (χ4v) is 2.36. The Bertz CT molecular complexity index is 228. The van der Waals surface area contributed by atoms with Gasteiger partial charge in [0.2, 0.25) is 0 Å². The fourth-order valence-electron chi connectivity index (χ4n) is 1.55. The molecule has 0 amide bonds. The highest BCUT2D eigenvalue weighted by molar-refractivity contribution is 14.1. The molecule has 1 rings (SSSR count). The van der Waals surface area contributed by atoms with Crippen LogP contribution in [-0.4, -0.2) is 3.42 Å². The van der Waals surface area contributed by atoms with Crippen LogP contribution < -0.4 is 0 Å². The molecule has 1 heteroatoms. The van der Waals surface area contributed by atoms with Gasteiger partial charge >= 0.3 is 0 Å². The zero-order valence-electron chi connectivity index (χ0n) is 7.88. The molecule has 0 saturated carbocycles. The van der Waals surface area contributed by atoms with Crippen LogP contribution in [0.15, 0.2) is 22.3 Å². The highest BCUT2D eigenvalue weighted by atomic mass is 127. The quantitative estimate of drug-likeness (QED) is 0.459. The summed E-state index contributed by atoms with van der Waals surface area (Å²) in [4.78, 5) is 0. The Morgan fingerprint density at radius 2 is 1.18 bits per heavy atom. The van der Waals surface area contributed by atoms with Crippen LogP contribution in [0, 0.1) is 0 Å². The highest BCUT2D eigenvalue weighted by Crippen LogP contribution is 2.45. The molecule has 11 heavy (non-hydrogen) atoms. The van der Waals surface area contributed by atoms with Gasteiger partial charge in [0.1, 0.15) is 0 Å². The molecule has 0 spiro atoms. The van der Waals surface area contributed by atoms with Crippen molar-refractivity contribution >= 4 is 22.6 Å². The number of alkyl halides is 1. The van der Waals surface area contributed by atoms with Crippen molar-refractivity contribution in [2.45, 2.75) is 38.0 Å². The normalized spacial score (nSPS) is 23.5. The van der Waals surface area contributed by atoms with Crippen molar-refractivity contribution in [1.82, 2.24) is 0 Å². The minimum atomic E-state index is 0.284. The second kappa shape index (κ2) is 2.61. The van der Waals surface area contributed by atoms with Crippen LogP contribution in [-0.2, 0) is 0 Å². The summed E-state index contributed by atoms with van der Waals surface area (Å²) in [6, 6.07) is 0. The summed E-state index contributed by atoms with van der Waals surface area (Å²) in [7, 11) is 0. The summed E-state index contributed by atoms with van der Waals surface area (Å²) >= 11 is 2.53. The number of hydrogen-bond donors (Lipinski definition) is 0. The number of rotatable bonds is 0. The van der Waals surface area contributed by atoms with E-state index >= 15 is 0 Å². The Morgan fingerprint density at radius 1 is 0.909 bits per heavy atom. The van der Waals surface area contributed by atoms with Crippen LogP contribution in [0.3, 0.4) is 0 Å². The first-order chi connectivity index (χ1) is 4.89. The van der Waals surface area contributed by atoms with Crippen LogP contribution in [0.5, 0.6) is 0 Å². The molecule has 0 aromatic heterocycles. The molecule has 0 nitrogen and oxygen atoms in total.